The molecule has 20 heavy (non-hydrogen) atoms. The van der Waals surface area contributed by atoms with Crippen molar-refractivity contribution >= 4 is 17.8 Å². The zero-order valence-corrected chi connectivity index (χ0v) is 11.8. The average molecular weight is 283 g/mol. The van der Waals surface area contributed by atoms with Crippen LogP contribution in [-0.4, -0.2) is 73.0 Å². The molecule has 2 heterocycles. The Morgan fingerprint density at radius 3 is 2.85 bits per heavy atom. The summed E-state index contributed by atoms with van der Waals surface area (Å²) >= 11 is 0. The van der Waals surface area contributed by atoms with Gasteiger partial charge in [0.15, 0.2) is 0 Å². The number of nitrogens with zero attached hydrogens (tertiary/aromatic N) is 2. The van der Waals surface area contributed by atoms with Crippen LogP contribution in [-0.2, 0) is 19.1 Å². The molecule has 2 saturated heterocycles. The maximum atomic E-state index is 12.1. The fourth-order valence-electron chi connectivity index (χ4n) is 2.58. The Kier molecular flexibility index (Phi) is 5.08. The van der Waals surface area contributed by atoms with Crippen molar-refractivity contribution in [3.05, 3.63) is 0 Å². The quantitative estimate of drug-likeness (QED) is 0.665. The Hall–Kier alpha value is -1.47. The second kappa shape index (κ2) is 6.81. The number of hydrogen-bond donors (Lipinski definition) is 1. The maximum absolute atomic E-state index is 12.1. The van der Waals surface area contributed by atoms with Crippen molar-refractivity contribution in [2.24, 2.45) is 0 Å². The third-order valence-electron chi connectivity index (χ3n) is 3.63. The lowest BCUT2D eigenvalue weighted by Gasteiger charge is -2.34. The summed E-state index contributed by atoms with van der Waals surface area (Å²) in [6.07, 6.45) is 1.17. The predicted octanol–water partition coefficient (Wildman–Crippen LogP) is -1.03. The molecule has 0 spiro atoms. The molecule has 2 fully saturated rings. The van der Waals surface area contributed by atoms with E-state index < -0.39 is 6.04 Å². The van der Waals surface area contributed by atoms with Gasteiger partial charge in [0, 0.05) is 32.6 Å². The molecule has 2 aliphatic heterocycles. The van der Waals surface area contributed by atoms with Crippen LogP contribution in [0.5, 0.6) is 0 Å². The standard InChI is InChI=1S/C13H21N3O4/c1-2-20-13(19)10-8-14-5-7-15(10)9-12(18)16-6-3-4-11(16)17/h10,14H,2-9H2,1H3. The van der Waals surface area contributed by atoms with Gasteiger partial charge in [0.2, 0.25) is 11.8 Å². The monoisotopic (exact) mass is 283 g/mol. The fourth-order valence-corrected chi connectivity index (χ4v) is 2.58. The summed E-state index contributed by atoms with van der Waals surface area (Å²) in [4.78, 5) is 38.7. The fraction of sp³-hybridized carbons (Fsp3) is 0.769. The first-order valence-corrected chi connectivity index (χ1v) is 7.08. The number of ether oxygens (including phenoxy) is 1. The lowest BCUT2D eigenvalue weighted by Crippen LogP contribution is -2.57. The number of esters is 1. The van der Waals surface area contributed by atoms with E-state index in [1.54, 1.807) is 11.8 Å². The summed E-state index contributed by atoms with van der Waals surface area (Å²) in [5, 5.41) is 3.12. The summed E-state index contributed by atoms with van der Waals surface area (Å²) in [5.41, 5.74) is 0. The summed E-state index contributed by atoms with van der Waals surface area (Å²) in [7, 11) is 0. The van der Waals surface area contributed by atoms with Crippen LogP contribution < -0.4 is 5.32 Å². The van der Waals surface area contributed by atoms with Gasteiger partial charge in [0.25, 0.3) is 0 Å². The molecule has 0 aliphatic carbocycles. The summed E-state index contributed by atoms with van der Waals surface area (Å²) in [6, 6.07) is -0.453. The van der Waals surface area contributed by atoms with E-state index in [4.69, 9.17) is 4.74 Å². The van der Waals surface area contributed by atoms with Gasteiger partial charge in [-0.15, -0.1) is 0 Å². The van der Waals surface area contributed by atoms with E-state index in [1.165, 1.54) is 4.90 Å². The van der Waals surface area contributed by atoms with E-state index in [0.29, 0.717) is 32.7 Å². The first-order chi connectivity index (χ1) is 9.63. The molecule has 0 aromatic rings. The van der Waals surface area contributed by atoms with Crippen LogP contribution in [0.3, 0.4) is 0 Å². The van der Waals surface area contributed by atoms with E-state index in [9.17, 15) is 14.4 Å². The van der Waals surface area contributed by atoms with Gasteiger partial charge in [0.1, 0.15) is 6.04 Å². The molecule has 7 nitrogen and oxygen atoms in total. The number of likely N-dealkylation sites (tertiary alicyclic amines) is 1. The molecular weight excluding hydrogens is 262 g/mol. The van der Waals surface area contributed by atoms with Crippen LogP contribution in [0.25, 0.3) is 0 Å². The van der Waals surface area contributed by atoms with E-state index in [2.05, 4.69) is 5.32 Å². The Morgan fingerprint density at radius 2 is 2.20 bits per heavy atom. The van der Waals surface area contributed by atoms with Crippen molar-refractivity contribution in [3.8, 4) is 0 Å². The van der Waals surface area contributed by atoms with Crippen LogP contribution >= 0.6 is 0 Å². The minimum absolute atomic E-state index is 0.0941. The van der Waals surface area contributed by atoms with Crippen LogP contribution in [0, 0.1) is 0 Å². The molecule has 112 valence electrons. The number of amides is 2. The third-order valence-corrected chi connectivity index (χ3v) is 3.63. The second-order valence-electron chi connectivity index (χ2n) is 4.99. The van der Waals surface area contributed by atoms with Crippen molar-refractivity contribution in [2.75, 3.05) is 39.3 Å². The molecule has 0 aromatic carbocycles. The molecule has 0 aromatic heterocycles. The number of carbonyl (C=O) groups is 3. The first-order valence-electron chi connectivity index (χ1n) is 7.08. The van der Waals surface area contributed by atoms with Crippen LogP contribution in [0.2, 0.25) is 0 Å². The summed E-state index contributed by atoms with van der Waals surface area (Å²) < 4.78 is 5.03. The molecule has 2 amide bonds. The number of imide groups is 1. The average Bonchev–Trinajstić information content (AvgIpc) is 2.86. The molecule has 0 bridgehead atoms. The lowest BCUT2D eigenvalue weighted by molar-refractivity contribution is -0.151. The minimum atomic E-state index is -0.453. The van der Waals surface area contributed by atoms with Gasteiger partial charge >= 0.3 is 5.97 Å². The second-order valence-corrected chi connectivity index (χ2v) is 4.99. The van der Waals surface area contributed by atoms with E-state index in [-0.39, 0.29) is 24.3 Å². The highest BCUT2D eigenvalue weighted by atomic mass is 16.5. The number of piperazine rings is 1. The molecule has 1 atom stereocenters. The zero-order chi connectivity index (χ0) is 14.5. The first kappa shape index (κ1) is 14.9. The number of nitrogens with one attached hydrogen (secondary N) is 1. The Morgan fingerprint density at radius 1 is 1.40 bits per heavy atom. The molecular formula is C13H21N3O4. The van der Waals surface area contributed by atoms with E-state index in [0.717, 1.165) is 13.0 Å². The maximum Gasteiger partial charge on any atom is 0.324 e. The summed E-state index contributed by atoms with van der Waals surface area (Å²) in [6.45, 7) is 4.45. The van der Waals surface area contributed by atoms with Crippen molar-refractivity contribution in [2.45, 2.75) is 25.8 Å². The van der Waals surface area contributed by atoms with Gasteiger partial charge in [-0.2, -0.15) is 0 Å². The van der Waals surface area contributed by atoms with Gasteiger partial charge < -0.3 is 10.1 Å². The molecule has 0 saturated carbocycles. The number of carbonyl (C=O) groups excluding carboxylic acids is 3. The third kappa shape index (κ3) is 3.34. The number of hydrogen-bond acceptors (Lipinski definition) is 6. The Balaban J connectivity index is 1.96. The molecule has 2 aliphatic rings. The van der Waals surface area contributed by atoms with Crippen molar-refractivity contribution < 1.29 is 19.1 Å². The smallest absolute Gasteiger partial charge is 0.324 e. The van der Waals surface area contributed by atoms with Crippen molar-refractivity contribution in [1.82, 2.24) is 15.1 Å². The van der Waals surface area contributed by atoms with Crippen LogP contribution in [0.4, 0.5) is 0 Å². The van der Waals surface area contributed by atoms with Gasteiger partial charge in [-0.1, -0.05) is 0 Å². The topological polar surface area (TPSA) is 79.0 Å². The van der Waals surface area contributed by atoms with Gasteiger partial charge in [-0.3, -0.25) is 24.2 Å². The Bertz CT molecular complexity index is 399. The van der Waals surface area contributed by atoms with E-state index in [1.807, 2.05) is 0 Å². The summed E-state index contributed by atoms with van der Waals surface area (Å²) in [5.74, 6) is -0.651. The van der Waals surface area contributed by atoms with E-state index >= 15 is 0 Å². The van der Waals surface area contributed by atoms with Crippen molar-refractivity contribution in [1.29, 1.82) is 0 Å². The zero-order valence-electron chi connectivity index (χ0n) is 11.8. The SMILES string of the molecule is CCOC(=O)C1CNCCN1CC(=O)N1CCCC1=O. The molecule has 7 heteroatoms. The molecule has 2 rings (SSSR count). The van der Waals surface area contributed by atoms with Crippen LogP contribution in [0.1, 0.15) is 19.8 Å². The predicted molar refractivity (Wildman–Crippen MR) is 70.8 cm³/mol. The Labute approximate surface area is 118 Å². The van der Waals surface area contributed by atoms with Gasteiger partial charge in [-0.05, 0) is 13.3 Å². The van der Waals surface area contributed by atoms with Gasteiger partial charge in [0.05, 0.1) is 13.2 Å². The lowest BCUT2D eigenvalue weighted by atomic mass is 10.2. The molecule has 1 unspecified atom stereocenters. The molecule has 1 N–H and O–H groups in total. The highest BCUT2D eigenvalue weighted by molar-refractivity contribution is 5.97. The highest BCUT2D eigenvalue weighted by Crippen LogP contribution is 2.12. The van der Waals surface area contributed by atoms with Crippen molar-refractivity contribution in [3.63, 3.8) is 0 Å². The number of rotatable bonds is 4. The normalized spacial score (nSPS) is 23.9. The highest BCUT2D eigenvalue weighted by Gasteiger charge is 2.34. The van der Waals surface area contributed by atoms with Crippen LogP contribution in [0.15, 0.2) is 0 Å². The largest absolute Gasteiger partial charge is 0.465 e. The molecule has 0 radical (unpaired) electrons. The van der Waals surface area contributed by atoms with Gasteiger partial charge in [-0.25, -0.2) is 0 Å². The minimum Gasteiger partial charge on any atom is -0.465 e.